The van der Waals surface area contributed by atoms with E-state index >= 15 is 0 Å². The average Bonchev–Trinajstić information content (AvgIpc) is 3.27. The first-order valence-corrected chi connectivity index (χ1v) is 10.8. The van der Waals surface area contributed by atoms with E-state index in [2.05, 4.69) is 22.2 Å². The molecule has 0 bridgehead atoms. The summed E-state index contributed by atoms with van der Waals surface area (Å²) in [6.07, 6.45) is 4.66. The highest BCUT2D eigenvalue weighted by atomic mass is 32.2. The first kappa shape index (κ1) is 18.3. The maximum atomic E-state index is 12.6. The number of thioether (sulfide) groups is 1. The molecule has 142 valence electrons. The molecule has 0 unspecified atom stereocenters. The number of aromatic amines is 1. The Labute approximate surface area is 164 Å². The summed E-state index contributed by atoms with van der Waals surface area (Å²) in [5.41, 5.74) is 1.07. The molecule has 3 aromatic heterocycles. The SMILES string of the molecule is C[C@H]1CCc2c(sc3nc(SCC(=O)N[C@@H](C)c4ccco4)[nH]c(=O)c23)C1. The van der Waals surface area contributed by atoms with Gasteiger partial charge in [-0.2, -0.15) is 0 Å². The zero-order valence-corrected chi connectivity index (χ0v) is 16.8. The molecule has 4 rings (SSSR count). The molecule has 1 aliphatic rings. The molecule has 3 aromatic rings. The van der Waals surface area contributed by atoms with Gasteiger partial charge in [0.25, 0.3) is 5.56 Å². The van der Waals surface area contributed by atoms with Crippen molar-refractivity contribution in [3.8, 4) is 0 Å². The Hall–Kier alpha value is -2.06. The predicted octanol–water partition coefficient (Wildman–Crippen LogP) is 3.67. The minimum atomic E-state index is -0.200. The van der Waals surface area contributed by atoms with Crippen LogP contribution in [0.25, 0.3) is 10.2 Å². The standard InChI is InChI=1S/C19H21N3O3S2/c1-10-5-6-12-14(8-10)27-18-16(12)17(24)21-19(22-18)26-9-15(23)20-11(2)13-4-3-7-25-13/h3-4,7,10-11H,5-6,8-9H2,1-2H3,(H,20,23)(H,21,22,24)/t10-,11-/m0/s1. The van der Waals surface area contributed by atoms with Crippen molar-refractivity contribution in [3.63, 3.8) is 0 Å². The van der Waals surface area contributed by atoms with Crippen LogP contribution in [-0.2, 0) is 17.6 Å². The van der Waals surface area contributed by atoms with Crippen LogP contribution in [0, 0.1) is 5.92 Å². The monoisotopic (exact) mass is 403 g/mol. The summed E-state index contributed by atoms with van der Waals surface area (Å²) < 4.78 is 5.29. The van der Waals surface area contributed by atoms with E-state index in [1.807, 2.05) is 13.0 Å². The van der Waals surface area contributed by atoms with Gasteiger partial charge < -0.3 is 14.7 Å². The molecule has 0 aliphatic heterocycles. The van der Waals surface area contributed by atoms with Crippen LogP contribution < -0.4 is 10.9 Å². The molecule has 8 heteroatoms. The number of rotatable bonds is 5. The second kappa shape index (κ2) is 7.52. The molecule has 0 saturated carbocycles. The van der Waals surface area contributed by atoms with E-state index in [0.717, 1.165) is 29.5 Å². The van der Waals surface area contributed by atoms with Gasteiger partial charge >= 0.3 is 0 Å². The third-order valence-corrected chi connectivity index (χ3v) is 6.85. The van der Waals surface area contributed by atoms with Crippen LogP contribution in [0.3, 0.4) is 0 Å². The van der Waals surface area contributed by atoms with Gasteiger partial charge in [0.05, 0.1) is 23.4 Å². The van der Waals surface area contributed by atoms with Crippen molar-refractivity contribution in [2.75, 3.05) is 5.75 Å². The van der Waals surface area contributed by atoms with Crippen molar-refractivity contribution in [2.24, 2.45) is 5.92 Å². The van der Waals surface area contributed by atoms with Gasteiger partial charge in [-0.3, -0.25) is 9.59 Å². The molecule has 6 nitrogen and oxygen atoms in total. The van der Waals surface area contributed by atoms with Crippen LogP contribution in [0.5, 0.6) is 0 Å². The Morgan fingerprint density at radius 1 is 1.56 bits per heavy atom. The van der Waals surface area contributed by atoms with Gasteiger partial charge in [-0.25, -0.2) is 4.98 Å². The van der Waals surface area contributed by atoms with Gasteiger partial charge in [0.2, 0.25) is 5.91 Å². The number of thiophene rings is 1. The number of H-pyrrole nitrogens is 1. The number of hydrogen-bond acceptors (Lipinski definition) is 6. The van der Waals surface area contributed by atoms with Crippen molar-refractivity contribution >= 4 is 39.2 Å². The highest BCUT2D eigenvalue weighted by molar-refractivity contribution is 7.99. The molecule has 1 amide bonds. The Morgan fingerprint density at radius 3 is 3.19 bits per heavy atom. The van der Waals surface area contributed by atoms with Crippen molar-refractivity contribution in [3.05, 3.63) is 45.0 Å². The fourth-order valence-corrected chi connectivity index (χ4v) is 5.54. The van der Waals surface area contributed by atoms with Crippen molar-refractivity contribution in [1.29, 1.82) is 0 Å². The van der Waals surface area contributed by atoms with Gasteiger partial charge in [-0.05, 0) is 49.8 Å². The highest BCUT2D eigenvalue weighted by Crippen LogP contribution is 2.36. The summed E-state index contributed by atoms with van der Waals surface area (Å²) >= 11 is 2.86. The van der Waals surface area contributed by atoms with E-state index in [0.29, 0.717) is 16.8 Å². The van der Waals surface area contributed by atoms with E-state index < -0.39 is 0 Å². The van der Waals surface area contributed by atoms with Crippen LogP contribution in [0.2, 0.25) is 0 Å². The fourth-order valence-electron chi connectivity index (χ4n) is 3.42. The molecular formula is C19H21N3O3S2. The highest BCUT2D eigenvalue weighted by Gasteiger charge is 2.23. The molecular weight excluding hydrogens is 382 g/mol. The largest absolute Gasteiger partial charge is 0.467 e. The summed E-state index contributed by atoms with van der Waals surface area (Å²) in [5.74, 6) is 1.41. The molecule has 3 heterocycles. The molecule has 0 saturated heterocycles. The lowest BCUT2D eigenvalue weighted by Crippen LogP contribution is -2.28. The number of aryl methyl sites for hydroxylation is 1. The summed E-state index contributed by atoms with van der Waals surface area (Å²) in [6, 6.07) is 3.41. The number of carbonyl (C=O) groups excluding carboxylic acids is 1. The lowest BCUT2D eigenvalue weighted by molar-refractivity contribution is -0.119. The van der Waals surface area contributed by atoms with Crippen LogP contribution in [0.15, 0.2) is 32.8 Å². The molecule has 0 radical (unpaired) electrons. The van der Waals surface area contributed by atoms with Crippen molar-refractivity contribution in [2.45, 2.75) is 44.3 Å². The molecule has 1 aliphatic carbocycles. The van der Waals surface area contributed by atoms with E-state index in [-0.39, 0.29) is 23.3 Å². The van der Waals surface area contributed by atoms with Crippen LogP contribution >= 0.6 is 23.1 Å². The average molecular weight is 404 g/mol. The van der Waals surface area contributed by atoms with E-state index in [1.165, 1.54) is 22.2 Å². The van der Waals surface area contributed by atoms with Gasteiger partial charge in [-0.1, -0.05) is 18.7 Å². The summed E-state index contributed by atoms with van der Waals surface area (Å²) in [7, 11) is 0. The van der Waals surface area contributed by atoms with Crippen molar-refractivity contribution in [1.82, 2.24) is 15.3 Å². The lowest BCUT2D eigenvalue weighted by Gasteiger charge is -2.17. The zero-order chi connectivity index (χ0) is 19.0. The Kier molecular flexibility index (Phi) is 5.10. The smallest absolute Gasteiger partial charge is 0.260 e. The van der Waals surface area contributed by atoms with Crippen LogP contribution in [0.1, 0.15) is 42.5 Å². The topological polar surface area (TPSA) is 88.0 Å². The predicted molar refractivity (Wildman–Crippen MR) is 107 cm³/mol. The summed E-state index contributed by atoms with van der Waals surface area (Å²) in [4.78, 5) is 34.3. The van der Waals surface area contributed by atoms with Crippen molar-refractivity contribution < 1.29 is 9.21 Å². The van der Waals surface area contributed by atoms with Crippen LogP contribution in [0.4, 0.5) is 0 Å². The van der Waals surface area contributed by atoms with Gasteiger partial charge in [0.1, 0.15) is 10.6 Å². The summed E-state index contributed by atoms with van der Waals surface area (Å²) in [5, 5.41) is 4.10. The molecule has 0 spiro atoms. The molecule has 2 atom stereocenters. The third-order valence-electron chi connectivity index (χ3n) is 4.83. The molecule has 0 aromatic carbocycles. The maximum absolute atomic E-state index is 12.6. The number of nitrogens with zero attached hydrogens (tertiary/aromatic N) is 1. The third kappa shape index (κ3) is 3.82. The fraction of sp³-hybridized carbons (Fsp3) is 0.421. The molecule has 2 N–H and O–H groups in total. The quantitative estimate of drug-likeness (QED) is 0.501. The number of aromatic nitrogens is 2. The Bertz CT molecular complexity index is 1020. The maximum Gasteiger partial charge on any atom is 0.260 e. The van der Waals surface area contributed by atoms with E-state index in [1.54, 1.807) is 23.7 Å². The number of furan rings is 1. The number of fused-ring (bicyclic) bond motifs is 3. The second-order valence-corrected chi connectivity index (χ2v) is 9.04. The van der Waals surface area contributed by atoms with Gasteiger partial charge in [0.15, 0.2) is 5.16 Å². The zero-order valence-electron chi connectivity index (χ0n) is 15.2. The summed E-state index contributed by atoms with van der Waals surface area (Å²) in [6.45, 7) is 4.11. The first-order chi connectivity index (χ1) is 13.0. The van der Waals surface area contributed by atoms with E-state index in [9.17, 15) is 9.59 Å². The number of carbonyl (C=O) groups is 1. The Balaban J connectivity index is 1.46. The second-order valence-electron chi connectivity index (χ2n) is 7.00. The van der Waals surface area contributed by atoms with Gasteiger partial charge in [0, 0.05) is 4.88 Å². The molecule has 27 heavy (non-hydrogen) atoms. The Morgan fingerprint density at radius 2 is 2.41 bits per heavy atom. The molecule has 0 fully saturated rings. The number of hydrogen-bond donors (Lipinski definition) is 2. The number of amides is 1. The normalized spacial score (nSPS) is 17.6. The minimum absolute atomic E-state index is 0.0982. The minimum Gasteiger partial charge on any atom is -0.467 e. The van der Waals surface area contributed by atoms with E-state index in [4.69, 9.17) is 4.42 Å². The first-order valence-electron chi connectivity index (χ1n) is 9.01. The van der Waals surface area contributed by atoms with Crippen LogP contribution in [-0.4, -0.2) is 21.6 Å². The van der Waals surface area contributed by atoms with Gasteiger partial charge in [-0.15, -0.1) is 11.3 Å². The number of nitrogens with one attached hydrogen (secondary N) is 2. The lowest BCUT2D eigenvalue weighted by atomic mass is 9.89.